The molecule has 0 atom stereocenters. The van der Waals surface area contributed by atoms with Gasteiger partial charge in [-0.05, 0) is 35.4 Å². The summed E-state index contributed by atoms with van der Waals surface area (Å²) in [5, 5.41) is 2.98. The number of aryl methyl sites for hydroxylation is 1. The molecule has 3 aromatic heterocycles. The molecule has 0 bridgehead atoms. The van der Waals surface area contributed by atoms with Gasteiger partial charge in [0.1, 0.15) is 11.4 Å². The van der Waals surface area contributed by atoms with Crippen LogP contribution in [0.25, 0.3) is 22.6 Å². The number of nitrogens with two attached hydrogens (primary N) is 2. The number of anilines is 2. The molecule has 0 unspecified atom stereocenters. The molecule has 0 saturated carbocycles. The van der Waals surface area contributed by atoms with E-state index in [1.165, 1.54) is 24.4 Å². The van der Waals surface area contributed by atoms with Gasteiger partial charge in [-0.25, -0.2) is 24.3 Å². The molecule has 0 aliphatic carbocycles. The predicted molar refractivity (Wildman–Crippen MR) is 92.1 cm³/mol. The maximum atomic E-state index is 14.3. The lowest BCUT2D eigenvalue weighted by molar-refractivity contribution is 0.630. The maximum Gasteiger partial charge on any atom is 0.220 e. The number of nitrogens with zero attached hydrogens (tertiary/aromatic N) is 5. The highest BCUT2D eigenvalue weighted by Gasteiger charge is 2.18. The first-order chi connectivity index (χ1) is 12.0. The second-order valence-corrected chi connectivity index (χ2v) is 5.17. The Balaban J connectivity index is 2.25. The van der Waals surface area contributed by atoms with E-state index in [0.29, 0.717) is 12.1 Å². The lowest BCUT2D eigenvalue weighted by Gasteiger charge is -2.10. The second kappa shape index (κ2) is 6.56. The van der Waals surface area contributed by atoms with Crippen LogP contribution in [0.4, 0.5) is 21.8 Å². The fourth-order valence-electron chi connectivity index (χ4n) is 2.39. The Morgan fingerprint density at radius 1 is 1.12 bits per heavy atom. The van der Waals surface area contributed by atoms with E-state index in [2.05, 4.69) is 25.1 Å². The van der Waals surface area contributed by atoms with Gasteiger partial charge in [-0.2, -0.15) is 0 Å². The van der Waals surface area contributed by atoms with Crippen LogP contribution in [0.2, 0.25) is 0 Å². The topological polar surface area (TPSA) is 133 Å². The molecule has 0 saturated heterocycles. The number of nitroso groups, excluding NO2 is 1. The number of aromatic nitrogens is 4. The average Bonchev–Trinajstić information content (AvgIpc) is 2.63. The maximum absolute atomic E-state index is 14.3. The summed E-state index contributed by atoms with van der Waals surface area (Å²) in [5.74, 6) is -0.889. The van der Waals surface area contributed by atoms with Gasteiger partial charge >= 0.3 is 0 Å². The summed E-state index contributed by atoms with van der Waals surface area (Å²) < 4.78 is 14.3. The Morgan fingerprint density at radius 3 is 2.64 bits per heavy atom. The zero-order valence-corrected chi connectivity index (χ0v) is 13.3. The number of hydrogen-bond donors (Lipinski definition) is 2. The molecule has 0 radical (unpaired) electrons. The van der Waals surface area contributed by atoms with Crippen LogP contribution in [0.15, 0.2) is 35.8 Å². The summed E-state index contributed by atoms with van der Waals surface area (Å²) >= 11 is 0. The third-order valence-corrected chi connectivity index (χ3v) is 3.65. The van der Waals surface area contributed by atoms with E-state index in [1.54, 1.807) is 6.20 Å². The zero-order valence-electron chi connectivity index (χ0n) is 13.3. The summed E-state index contributed by atoms with van der Waals surface area (Å²) in [5.41, 5.74) is 13.0. The van der Waals surface area contributed by atoms with E-state index >= 15 is 0 Å². The van der Waals surface area contributed by atoms with Crippen molar-refractivity contribution in [1.29, 1.82) is 0 Å². The van der Waals surface area contributed by atoms with E-state index in [1.807, 2.05) is 6.92 Å². The third kappa shape index (κ3) is 2.99. The Hall–Kier alpha value is -3.49. The first-order valence-corrected chi connectivity index (χ1v) is 7.41. The quantitative estimate of drug-likeness (QED) is 0.698. The Kier molecular flexibility index (Phi) is 4.29. The van der Waals surface area contributed by atoms with Crippen molar-refractivity contribution in [3.63, 3.8) is 0 Å². The predicted octanol–water partition coefficient (Wildman–Crippen LogP) is 2.86. The minimum absolute atomic E-state index is 0.0376. The molecule has 126 valence electrons. The van der Waals surface area contributed by atoms with Crippen LogP contribution in [-0.4, -0.2) is 19.9 Å². The third-order valence-electron chi connectivity index (χ3n) is 3.65. The first-order valence-electron chi connectivity index (χ1n) is 7.41. The van der Waals surface area contributed by atoms with E-state index in [0.717, 1.165) is 5.56 Å². The van der Waals surface area contributed by atoms with Crippen LogP contribution >= 0.6 is 0 Å². The van der Waals surface area contributed by atoms with Gasteiger partial charge in [0.25, 0.3) is 0 Å². The van der Waals surface area contributed by atoms with E-state index in [9.17, 15) is 9.30 Å². The van der Waals surface area contributed by atoms with Crippen LogP contribution in [0.3, 0.4) is 0 Å². The molecule has 3 heterocycles. The lowest BCUT2D eigenvalue weighted by atomic mass is 10.1. The Labute approximate surface area is 142 Å². The molecule has 25 heavy (non-hydrogen) atoms. The largest absolute Gasteiger partial charge is 0.381 e. The average molecular weight is 339 g/mol. The van der Waals surface area contributed by atoms with Gasteiger partial charge in [0, 0.05) is 18.0 Å². The highest BCUT2D eigenvalue weighted by Crippen LogP contribution is 2.33. The molecular formula is C16H14FN7O. The number of pyridine rings is 2. The molecule has 0 aliphatic rings. The monoisotopic (exact) mass is 339 g/mol. The van der Waals surface area contributed by atoms with E-state index in [-0.39, 0.29) is 34.4 Å². The van der Waals surface area contributed by atoms with Gasteiger partial charge in [-0.15, -0.1) is 4.91 Å². The van der Waals surface area contributed by atoms with Crippen molar-refractivity contribution < 1.29 is 4.39 Å². The van der Waals surface area contributed by atoms with Gasteiger partial charge in [0.05, 0.1) is 11.4 Å². The SMILES string of the molecule is CCc1cnc(N)nc1-c1nc(-c2ccnc(N)c2F)ccc1N=O. The summed E-state index contributed by atoms with van der Waals surface area (Å²) in [6.45, 7) is 1.90. The molecule has 0 aromatic carbocycles. The molecule has 3 aromatic rings. The van der Waals surface area contributed by atoms with Gasteiger partial charge in [-0.3, -0.25) is 0 Å². The smallest absolute Gasteiger partial charge is 0.220 e. The van der Waals surface area contributed by atoms with Crippen LogP contribution < -0.4 is 11.5 Å². The number of hydrogen-bond acceptors (Lipinski definition) is 8. The van der Waals surface area contributed by atoms with Crippen molar-refractivity contribution in [3.05, 3.63) is 46.9 Å². The van der Waals surface area contributed by atoms with Gasteiger partial charge in [0.2, 0.25) is 5.95 Å². The summed E-state index contributed by atoms with van der Waals surface area (Å²) in [7, 11) is 0. The molecule has 0 amide bonds. The van der Waals surface area contributed by atoms with Crippen LogP contribution in [-0.2, 0) is 6.42 Å². The van der Waals surface area contributed by atoms with Crippen molar-refractivity contribution >= 4 is 17.5 Å². The summed E-state index contributed by atoms with van der Waals surface area (Å²) in [6, 6.07) is 4.37. The normalized spacial score (nSPS) is 10.6. The molecule has 4 N–H and O–H groups in total. The molecule has 3 rings (SSSR count). The molecule has 0 spiro atoms. The highest BCUT2D eigenvalue weighted by molar-refractivity contribution is 5.76. The second-order valence-electron chi connectivity index (χ2n) is 5.17. The van der Waals surface area contributed by atoms with Crippen LogP contribution in [0.1, 0.15) is 12.5 Å². The van der Waals surface area contributed by atoms with Crippen molar-refractivity contribution in [2.75, 3.05) is 11.5 Å². The highest BCUT2D eigenvalue weighted by atomic mass is 19.1. The summed E-state index contributed by atoms with van der Waals surface area (Å²) in [6.07, 6.45) is 3.53. The lowest BCUT2D eigenvalue weighted by Crippen LogP contribution is -2.03. The fraction of sp³-hybridized carbons (Fsp3) is 0.125. The molecule has 0 fully saturated rings. The van der Waals surface area contributed by atoms with Crippen molar-refractivity contribution in [1.82, 2.24) is 19.9 Å². The zero-order chi connectivity index (χ0) is 18.0. The van der Waals surface area contributed by atoms with Crippen LogP contribution in [0, 0.1) is 10.7 Å². The first kappa shape index (κ1) is 16.4. The van der Waals surface area contributed by atoms with E-state index in [4.69, 9.17) is 11.5 Å². The van der Waals surface area contributed by atoms with E-state index < -0.39 is 5.82 Å². The molecule has 0 aliphatic heterocycles. The van der Waals surface area contributed by atoms with Crippen molar-refractivity contribution in [2.45, 2.75) is 13.3 Å². The summed E-state index contributed by atoms with van der Waals surface area (Å²) in [4.78, 5) is 27.4. The molecular weight excluding hydrogens is 325 g/mol. The Bertz CT molecular complexity index is 961. The molecule has 9 heteroatoms. The van der Waals surface area contributed by atoms with Crippen molar-refractivity contribution in [3.8, 4) is 22.6 Å². The molecule has 8 nitrogen and oxygen atoms in total. The number of rotatable bonds is 4. The van der Waals surface area contributed by atoms with Crippen LogP contribution in [0.5, 0.6) is 0 Å². The minimum Gasteiger partial charge on any atom is -0.381 e. The van der Waals surface area contributed by atoms with Gasteiger partial charge in [-0.1, -0.05) is 6.92 Å². The standard InChI is InChI=1S/C16H14FN7O/c1-2-8-7-21-16(19)23-13(8)14-11(24-25)4-3-10(22-14)9-5-6-20-15(18)12(9)17/h3-7H,2H2,1H3,(H2,18,20)(H2,19,21,23). The fourth-order valence-corrected chi connectivity index (χ4v) is 2.39. The van der Waals surface area contributed by atoms with Crippen molar-refractivity contribution in [2.24, 2.45) is 5.18 Å². The minimum atomic E-state index is -0.689. The number of halogens is 1. The Morgan fingerprint density at radius 2 is 1.92 bits per heavy atom. The van der Waals surface area contributed by atoms with Gasteiger partial charge in [0.15, 0.2) is 11.6 Å². The van der Waals surface area contributed by atoms with Gasteiger partial charge < -0.3 is 11.5 Å². The number of nitrogen functional groups attached to an aromatic ring is 2.